The third kappa shape index (κ3) is 4.08. The number of hydrogen-bond acceptors (Lipinski definition) is 0. The topological polar surface area (TPSA) is 8.88 Å². The summed E-state index contributed by atoms with van der Waals surface area (Å²) in [6.45, 7) is 9.03. The molecule has 0 aromatic heterocycles. The second-order valence-electron chi connectivity index (χ2n) is 7.15. The lowest BCUT2D eigenvalue weighted by Crippen LogP contribution is -3.29. The van der Waals surface area contributed by atoms with Gasteiger partial charge in [-0.05, 0) is 24.8 Å². The van der Waals surface area contributed by atoms with Crippen molar-refractivity contribution >= 4 is 15.9 Å². The summed E-state index contributed by atoms with van der Waals surface area (Å²) >= 11 is 3.69. The highest BCUT2D eigenvalue weighted by Gasteiger charge is 2.32. The average Bonchev–Trinajstić information content (AvgIpc) is 2.50. The number of hydrogen-bond donors (Lipinski definition) is 2. The molecule has 3 rings (SSSR count). The number of quaternary nitrogens is 2. The van der Waals surface area contributed by atoms with Crippen LogP contribution >= 0.6 is 15.9 Å². The zero-order chi connectivity index (χ0) is 14.7. The molecule has 3 heteroatoms. The molecule has 1 heterocycles. The molecule has 2 aliphatic rings. The van der Waals surface area contributed by atoms with Gasteiger partial charge >= 0.3 is 0 Å². The van der Waals surface area contributed by atoms with Gasteiger partial charge in [-0.3, -0.25) is 0 Å². The molecule has 2 N–H and O–H groups in total. The van der Waals surface area contributed by atoms with Crippen LogP contribution in [0.3, 0.4) is 0 Å². The van der Waals surface area contributed by atoms with E-state index < -0.39 is 0 Å². The summed E-state index contributed by atoms with van der Waals surface area (Å²) in [6, 6.07) is 9.65. The number of benzene rings is 1. The normalized spacial score (nSPS) is 33.8. The second-order valence-corrected chi connectivity index (χ2v) is 8.00. The minimum absolute atomic E-state index is 0.957. The van der Waals surface area contributed by atoms with Crippen LogP contribution in [0, 0.1) is 5.92 Å². The molecule has 0 radical (unpaired) electrons. The Balaban J connectivity index is 1.50. The molecule has 1 aromatic carbocycles. The van der Waals surface area contributed by atoms with Gasteiger partial charge in [0.25, 0.3) is 0 Å². The molecule has 21 heavy (non-hydrogen) atoms. The van der Waals surface area contributed by atoms with E-state index in [4.69, 9.17) is 0 Å². The summed E-state index contributed by atoms with van der Waals surface area (Å²) in [7, 11) is 0. The number of nitrogens with one attached hydrogen (secondary N) is 2. The minimum atomic E-state index is 0.957. The summed E-state index contributed by atoms with van der Waals surface area (Å²) in [5.74, 6) is 0.960. The highest BCUT2D eigenvalue weighted by molar-refractivity contribution is 9.10. The van der Waals surface area contributed by atoms with Gasteiger partial charge in [-0.1, -0.05) is 47.5 Å². The van der Waals surface area contributed by atoms with Crippen LogP contribution in [0.1, 0.15) is 38.2 Å². The molecule has 0 amide bonds. The summed E-state index contributed by atoms with van der Waals surface area (Å²) < 4.78 is 1.27. The van der Waals surface area contributed by atoms with Crippen LogP contribution < -0.4 is 9.80 Å². The number of rotatable bonds is 3. The highest BCUT2D eigenvalue weighted by atomic mass is 79.9. The van der Waals surface area contributed by atoms with E-state index in [9.17, 15) is 0 Å². The predicted molar refractivity (Wildman–Crippen MR) is 90.7 cm³/mol. The molecular weight excluding hydrogens is 324 g/mol. The van der Waals surface area contributed by atoms with E-state index in [0.29, 0.717) is 0 Å². The Morgan fingerprint density at radius 1 is 1.10 bits per heavy atom. The Hall–Kier alpha value is -0.380. The molecule has 1 aliphatic heterocycles. The van der Waals surface area contributed by atoms with Gasteiger partial charge < -0.3 is 9.80 Å². The maximum absolute atomic E-state index is 3.69. The van der Waals surface area contributed by atoms with E-state index in [1.54, 1.807) is 4.90 Å². The number of halogens is 1. The van der Waals surface area contributed by atoms with Gasteiger partial charge in [-0.15, -0.1) is 0 Å². The van der Waals surface area contributed by atoms with Crippen molar-refractivity contribution in [1.29, 1.82) is 0 Å². The van der Waals surface area contributed by atoms with E-state index in [1.165, 1.54) is 68.4 Å². The van der Waals surface area contributed by atoms with Gasteiger partial charge in [0, 0.05) is 16.5 Å². The molecule has 116 valence electrons. The molecule has 0 spiro atoms. The monoisotopic (exact) mass is 352 g/mol. The van der Waals surface area contributed by atoms with Gasteiger partial charge in [-0.25, -0.2) is 0 Å². The smallest absolute Gasteiger partial charge is 0.127 e. The predicted octanol–water partition coefficient (Wildman–Crippen LogP) is 1.31. The van der Waals surface area contributed by atoms with Crippen molar-refractivity contribution in [2.75, 3.05) is 26.2 Å². The fourth-order valence-corrected chi connectivity index (χ4v) is 4.65. The molecule has 0 bridgehead atoms. The van der Waals surface area contributed by atoms with E-state index in [2.05, 4.69) is 47.1 Å². The van der Waals surface area contributed by atoms with Crippen LogP contribution in [0.4, 0.5) is 0 Å². The van der Waals surface area contributed by atoms with Gasteiger partial charge in [0.2, 0.25) is 0 Å². The molecular formula is C18H29BrN2+2. The first-order valence-electron chi connectivity index (χ1n) is 8.64. The van der Waals surface area contributed by atoms with Crippen LogP contribution in [-0.4, -0.2) is 32.2 Å². The van der Waals surface area contributed by atoms with Crippen LogP contribution in [0.2, 0.25) is 0 Å². The number of piperazine rings is 1. The molecule has 2 atom stereocenters. The Morgan fingerprint density at radius 2 is 1.86 bits per heavy atom. The first-order valence-corrected chi connectivity index (χ1v) is 9.43. The van der Waals surface area contributed by atoms with Crippen molar-refractivity contribution in [3.05, 3.63) is 34.3 Å². The second kappa shape index (κ2) is 7.26. The van der Waals surface area contributed by atoms with Crippen LogP contribution in [-0.2, 0) is 6.54 Å². The van der Waals surface area contributed by atoms with Crippen LogP contribution in [0.15, 0.2) is 28.7 Å². The van der Waals surface area contributed by atoms with Crippen LogP contribution in [0.25, 0.3) is 0 Å². The largest absolute Gasteiger partial charge is 0.323 e. The Labute approximate surface area is 137 Å². The minimum Gasteiger partial charge on any atom is -0.323 e. The molecule has 1 saturated carbocycles. The summed E-state index contributed by atoms with van der Waals surface area (Å²) in [4.78, 5) is 3.66. The molecule has 1 aliphatic carbocycles. The Bertz CT molecular complexity index is 454. The van der Waals surface area contributed by atoms with E-state index in [1.807, 2.05) is 4.90 Å². The van der Waals surface area contributed by atoms with Crippen molar-refractivity contribution in [1.82, 2.24) is 0 Å². The average molecular weight is 353 g/mol. The van der Waals surface area contributed by atoms with Crippen molar-refractivity contribution in [2.45, 2.75) is 45.2 Å². The van der Waals surface area contributed by atoms with Gasteiger partial charge in [-0.2, -0.15) is 0 Å². The van der Waals surface area contributed by atoms with Crippen molar-refractivity contribution in [3.63, 3.8) is 0 Å². The summed E-state index contributed by atoms with van der Waals surface area (Å²) in [6.07, 6.45) is 5.86. The fourth-order valence-electron chi connectivity index (χ4n) is 4.23. The third-order valence-corrected chi connectivity index (χ3v) is 6.28. The molecule has 1 saturated heterocycles. The lowest BCUT2D eigenvalue weighted by molar-refractivity contribution is -1.03. The zero-order valence-corrected chi connectivity index (χ0v) is 14.8. The van der Waals surface area contributed by atoms with E-state index in [0.717, 1.165) is 12.0 Å². The zero-order valence-electron chi connectivity index (χ0n) is 13.2. The molecule has 2 nitrogen and oxygen atoms in total. The highest BCUT2D eigenvalue weighted by Crippen LogP contribution is 2.21. The quantitative estimate of drug-likeness (QED) is 0.811. The maximum atomic E-state index is 3.69. The third-order valence-electron chi connectivity index (χ3n) is 5.51. The first-order chi connectivity index (χ1) is 10.2. The standard InChI is InChI=1S/C18H27BrN2/c1-15-5-4-7-17(13-15)21-11-9-20(10-12-21)14-16-6-2-3-8-18(16)19/h2-3,6,8,15,17H,4-5,7,9-14H2,1H3/p+2/t15-,17+/m1/s1. The van der Waals surface area contributed by atoms with E-state index in [-0.39, 0.29) is 0 Å². The first kappa shape index (κ1) is 15.5. The summed E-state index contributed by atoms with van der Waals surface area (Å²) in [5.41, 5.74) is 1.46. The molecule has 1 aromatic rings. The SMILES string of the molecule is C[C@@H]1CCC[C@H]([NH+]2CC[NH+](Cc3ccccc3Br)CC2)C1. The fraction of sp³-hybridized carbons (Fsp3) is 0.667. The van der Waals surface area contributed by atoms with Crippen molar-refractivity contribution < 1.29 is 9.80 Å². The van der Waals surface area contributed by atoms with E-state index >= 15 is 0 Å². The van der Waals surface area contributed by atoms with Gasteiger partial charge in [0.1, 0.15) is 32.7 Å². The summed E-state index contributed by atoms with van der Waals surface area (Å²) in [5, 5.41) is 0. The van der Waals surface area contributed by atoms with Gasteiger partial charge in [0.15, 0.2) is 0 Å². The van der Waals surface area contributed by atoms with Crippen molar-refractivity contribution in [2.24, 2.45) is 5.92 Å². The Kier molecular flexibility index (Phi) is 5.36. The molecule has 2 fully saturated rings. The Morgan fingerprint density at radius 3 is 2.57 bits per heavy atom. The maximum Gasteiger partial charge on any atom is 0.127 e. The lowest BCUT2D eigenvalue weighted by atomic mass is 9.86. The van der Waals surface area contributed by atoms with Crippen LogP contribution in [0.5, 0.6) is 0 Å². The molecule has 0 unspecified atom stereocenters. The lowest BCUT2D eigenvalue weighted by Gasteiger charge is -2.37. The van der Waals surface area contributed by atoms with Crippen molar-refractivity contribution in [3.8, 4) is 0 Å². The van der Waals surface area contributed by atoms with Gasteiger partial charge in [0.05, 0.1) is 6.04 Å².